The number of hydrogen-bond donors (Lipinski definition) is 1. The molecule has 7 nitrogen and oxygen atoms in total. The second-order valence-corrected chi connectivity index (χ2v) is 5.59. The Morgan fingerprint density at radius 2 is 1.92 bits per heavy atom. The Kier molecular flexibility index (Phi) is 9.67. The molecule has 0 unspecified atom stereocenters. The van der Waals surface area contributed by atoms with E-state index in [4.69, 9.17) is 9.47 Å². The quantitative estimate of drug-likeness (QED) is 0.213. The lowest BCUT2D eigenvalue weighted by Crippen LogP contribution is -2.17. The molecule has 1 N–H and O–H groups in total. The summed E-state index contributed by atoms with van der Waals surface area (Å²) in [5.41, 5.74) is 1.24. The van der Waals surface area contributed by atoms with E-state index < -0.39 is 11.9 Å². The van der Waals surface area contributed by atoms with Crippen LogP contribution < -0.4 is 5.32 Å². The van der Waals surface area contributed by atoms with Gasteiger partial charge in [0.1, 0.15) is 6.29 Å². The molecule has 0 fully saturated rings. The molecule has 0 bridgehead atoms. The van der Waals surface area contributed by atoms with Gasteiger partial charge in [-0.1, -0.05) is 19.4 Å². The molecule has 0 aromatic heterocycles. The maximum atomic E-state index is 12.1. The second-order valence-electron chi connectivity index (χ2n) is 5.59. The van der Waals surface area contributed by atoms with Crippen molar-refractivity contribution in [2.75, 3.05) is 18.5 Å². The fraction of sp³-hybridized carbons (Fsp3) is 0.474. The van der Waals surface area contributed by atoms with Crippen LogP contribution in [0.25, 0.3) is 0 Å². The molecule has 142 valence electrons. The maximum absolute atomic E-state index is 12.1. The molecule has 0 saturated carbocycles. The zero-order chi connectivity index (χ0) is 19.4. The van der Waals surface area contributed by atoms with Crippen LogP contribution in [0.1, 0.15) is 55.5 Å². The number of carbonyl (C=O) groups is 4. The summed E-state index contributed by atoms with van der Waals surface area (Å²) < 4.78 is 9.93. The highest BCUT2D eigenvalue weighted by Crippen LogP contribution is 2.21. The first-order chi connectivity index (χ1) is 12.5. The predicted molar refractivity (Wildman–Crippen MR) is 96.3 cm³/mol. The topological polar surface area (TPSA) is 98.8 Å². The molecule has 1 aromatic carbocycles. The Hall–Kier alpha value is -2.70. The number of aryl methyl sites for hydroxylation is 1. The van der Waals surface area contributed by atoms with Crippen LogP contribution in [0.15, 0.2) is 18.2 Å². The average molecular weight is 363 g/mol. The van der Waals surface area contributed by atoms with Crippen molar-refractivity contribution in [1.29, 1.82) is 0 Å². The summed E-state index contributed by atoms with van der Waals surface area (Å²) in [7, 11) is 0. The Balaban J connectivity index is 2.90. The number of aldehydes is 1. The number of Topliss-reactive ketones (excluding diaryl/α,β-unsaturated/α-hetero) is 1. The fourth-order valence-electron chi connectivity index (χ4n) is 2.21. The lowest BCUT2D eigenvalue weighted by molar-refractivity contribution is -0.143. The highest BCUT2D eigenvalue weighted by atomic mass is 16.5. The van der Waals surface area contributed by atoms with Crippen molar-refractivity contribution < 1.29 is 28.7 Å². The molecule has 0 aliphatic heterocycles. The monoisotopic (exact) mass is 363 g/mol. The average Bonchev–Trinajstić information content (AvgIpc) is 2.61. The number of esters is 1. The van der Waals surface area contributed by atoms with Crippen molar-refractivity contribution in [2.45, 2.75) is 46.0 Å². The van der Waals surface area contributed by atoms with Crippen LogP contribution >= 0.6 is 0 Å². The van der Waals surface area contributed by atoms with E-state index in [1.807, 2.05) is 6.92 Å². The largest absolute Gasteiger partial charge is 0.466 e. The molecular formula is C19H25NO6. The Labute approximate surface area is 153 Å². The van der Waals surface area contributed by atoms with Crippen molar-refractivity contribution >= 4 is 29.8 Å². The molecule has 0 aliphatic carbocycles. The number of amides is 1. The van der Waals surface area contributed by atoms with Gasteiger partial charge < -0.3 is 14.3 Å². The standard InChI is InChI=1S/C19H25NO6/c1-3-5-12-26-19(24)20-16-13-14(7-9-18(23)25-4-2)6-8-15(16)17(22)10-11-21/h6,8,11,13H,3-5,7,9-10,12H2,1-2H3,(H,20,24). The van der Waals surface area contributed by atoms with Crippen LogP contribution in [0.2, 0.25) is 0 Å². The fourth-order valence-corrected chi connectivity index (χ4v) is 2.21. The minimum absolute atomic E-state index is 0.190. The predicted octanol–water partition coefficient (Wildman–Crippen LogP) is 3.30. The van der Waals surface area contributed by atoms with Gasteiger partial charge in [-0.2, -0.15) is 0 Å². The van der Waals surface area contributed by atoms with Gasteiger partial charge in [0.25, 0.3) is 0 Å². The van der Waals surface area contributed by atoms with E-state index in [1.54, 1.807) is 19.1 Å². The van der Waals surface area contributed by atoms with E-state index >= 15 is 0 Å². The van der Waals surface area contributed by atoms with Crippen LogP contribution in [-0.4, -0.2) is 37.3 Å². The molecule has 1 rings (SSSR count). The summed E-state index contributed by atoms with van der Waals surface area (Å²) in [6.07, 6.45) is 1.79. The summed E-state index contributed by atoms with van der Waals surface area (Å²) >= 11 is 0. The van der Waals surface area contributed by atoms with Gasteiger partial charge in [0.05, 0.1) is 25.3 Å². The number of benzene rings is 1. The highest BCUT2D eigenvalue weighted by Gasteiger charge is 2.15. The zero-order valence-electron chi connectivity index (χ0n) is 15.2. The number of unbranched alkanes of at least 4 members (excludes halogenated alkanes) is 1. The molecule has 1 aromatic rings. The number of nitrogens with one attached hydrogen (secondary N) is 1. The van der Waals surface area contributed by atoms with Crippen LogP contribution in [0.5, 0.6) is 0 Å². The maximum Gasteiger partial charge on any atom is 0.411 e. The van der Waals surface area contributed by atoms with Crippen LogP contribution in [0.4, 0.5) is 10.5 Å². The van der Waals surface area contributed by atoms with Gasteiger partial charge >= 0.3 is 12.1 Å². The van der Waals surface area contributed by atoms with Gasteiger partial charge in [0.2, 0.25) is 0 Å². The number of rotatable bonds is 11. The van der Waals surface area contributed by atoms with Gasteiger partial charge in [-0.25, -0.2) is 4.79 Å². The molecule has 7 heteroatoms. The molecule has 0 saturated heterocycles. The molecule has 0 aliphatic rings. The Morgan fingerprint density at radius 1 is 1.15 bits per heavy atom. The molecule has 0 atom stereocenters. The first kappa shape index (κ1) is 21.3. The zero-order valence-corrected chi connectivity index (χ0v) is 15.2. The van der Waals surface area contributed by atoms with Crippen molar-refractivity contribution in [2.24, 2.45) is 0 Å². The number of ketones is 1. The summed E-state index contributed by atoms with van der Waals surface area (Å²) in [4.78, 5) is 46.1. The van der Waals surface area contributed by atoms with E-state index in [0.29, 0.717) is 19.3 Å². The number of ether oxygens (including phenoxy) is 2. The van der Waals surface area contributed by atoms with E-state index in [1.165, 1.54) is 6.07 Å². The number of anilines is 1. The van der Waals surface area contributed by atoms with Crippen molar-refractivity contribution in [3.05, 3.63) is 29.3 Å². The second kappa shape index (κ2) is 11.8. The Bertz CT molecular complexity index is 641. The molecule has 26 heavy (non-hydrogen) atoms. The molecular weight excluding hydrogens is 338 g/mol. The lowest BCUT2D eigenvalue weighted by atomic mass is 10.0. The first-order valence-electron chi connectivity index (χ1n) is 8.70. The van der Waals surface area contributed by atoms with E-state index in [-0.39, 0.29) is 36.7 Å². The van der Waals surface area contributed by atoms with Crippen molar-refractivity contribution in [3.8, 4) is 0 Å². The Morgan fingerprint density at radius 3 is 2.58 bits per heavy atom. The van der Waals surface area contributed by atoms with E-state index in [0.717, 1.165) is 18.4 Å². The smallest absolute Gasteiger partial charge is 0.411 e. The highest BCUT2D eigenvalue weighted by molar-refractivity contribution is 6.08. The van der Waals surface area contributed by atoms with Crippen LogP contribution in [-0.2, 0) is 25.5 Å². The molecule has 0 spiro atoms. The number of carbonyl (C=O) groups excluding carboxylic acids is 4. The number of hydrogen-bond acceptors (Lipinski definition) is 6. The molecule has 0 radical (unpaired) electrons. The van der Waals surface area contributed by atoms with Gasteiger partial charge in [0.15, 0.2) is 5.78 Å². The third kappa shape index (κ3) is 7.46. The third-order valence-electron chi connectivity index (χ3n) is 3.54. The minimum atomic E-state index is -0.666. The molecule has 1 amide bonds. The SMILES string of the molecule is CCCCOC(=O)Nc1cc(CCC(=O)OCC)ccc1C(=O)CC=O. The summed E-state index contributed by atoms with van der Waals surface area (Å²) in [6, 6.07) is 4.83. The minimum Gasteiger partial charge on any atom is -0.466 e. The van der Waals surface area contributed by atoms with Gasteiger partial charge in [-0.05, 0) is 37.5 Å². The third-order valence-corrected chi connectivity index (χ3v) is 3.54. The summed E-state index contributed by atoms with van der Waals surface area (Å²) in [5.74, 6) is -0.720. The first-order valence-corrected chi connectivity index (χ1v) is 8.70. The summed E-state index contributed by atoms with van der Waals surface area (Å²) in [6.45, 7) is 4.30. The van der Waals surface area contributed by atoms with Crippen molar-refractivity contribution in [1.82, 2.24) is 0 Å². The van der Waals surface area contributed by atoms with Crippen LogP contribution in [0.3, 0.4) is 0 Å². The summed E-state index contributed by atoms with van der Waals surface area (Å²) in [5, 5.41) is 2.55. The van der Waals surface area contributed by atoms with Gasteiger partial charge in [-0.15, -0.1) is 0 Å². The lowest BCUT2D eigenvalue weighted by Gasteiger charge is -2.12. The normalized spacial score (nSPS) is 10.1. The van der Waals surface area contributed by atoms with E-state index in [9.17, 15) is 19.2 Å². The van der Waals surface area contributed by atoms with Crippen LogP contribution in [0, 0.1) is 0 Å². The van der Waals surface area contributed by atoms with Gasteiger partial charge in [0, 0.05) is 12.0 Å². The van der Waals surface area contributed by atoms with E-state index in [2.05, 4.69) is 5.32 Å². The van der Waals surface area contributed by atoms with Gasteiger partial charge in [-0.3, -0.25) is 14.9 Å². The van der Waals surface area contributed by atoms with Crippen molar-refractivity contribution in [3.63, 3.8) is 0 Å². The molecule has 0 heterocycles.